The number of carbonyl (C=O) groups excluding carboxylic acids is 1. The summed E-state index contributed by atoms with van der Waals surface area (Å²) in [6.07, 6.45) is 0. The molecule has 3 nitrogen and oxygen atoms in total. The molecule has 0 saturated carbocycles. The molecule has 1 atom stereocenters. The minimum absolute atomic E-state index is 0.125. The molecule has 1 saturated heterocycles. The van der Waals surface area contributed by atoms with Crippen molar-refractivity contribution in [2.24, 2.45) is 0 Å². The summed E-state index contributed by atoms with van der Waals surface area (Å²) in [5, 5.41) is 2.48. The smallest absolute Gasteiger partial charge is 0.320 e. The van der Waals surface area contributed by atoms with Crippen molar-refractivity contribution in [3.8, 4) is 0 Å². The predicted octanol–water partition coefficient (Wildman–Crippen LogP) is 3.27. The van der Waals surface area contributed by atoms with Crippen LogP contribution in [0.3, 0.4) is 0 Å². The number of amides is 2. The van der Waals surface area contributed by atoms with Gasteiger partial charge in [-0.15, -0.1) is 0 Å². The van der Waals surface area contributed by atoms with E-state index in [1.165, 1.54) is 16.3 Å². The molecule has 3 rings (SSSR count). The zero-order valence-electron chi connectivity index (χ0n) is 11.3. The average Bonchev–Trinajstić information content (AvgIpc) is 2.74. The maximum atomic E-state index is 12.1. The fourth-order valence-electron chi connectivity index (χ4n) is 2.88. The Morgan fingerprint density at radius 3 is 2.63 bits per heavy atom. The van der Waals surface area contributed by atoms with Crippen LogP contribution in [0.15, 0.2) is 42.5 Å². The van der Waals surface area contributed by atoms with Crippen LogP contribution in [-0.4, -0.2) is 36.0 Å². The first-order valence-corrected chi connectivity index (χ1v) is 6.71. The maximum absolute atomic E-state index is 12.1. The second-order valence-electron chi connectivity index (χ2n) is 5.02. The molecule has 2 aromatic carbocycles. The highest BCUT2D eigenvalue weighted by Crippen LogP contribution is 2.32. The lowest BCUT2D eigenvalue weighted by Gasteiger charge is -2.19. The van der Waals surface area contributed by atoms with E-state index < -0.39 is 0 Å². The standard InChI is InChI=1S/C16H18N2O/c1-3-18-11-15(17(2)16(18)19)14-10-6-8-12-7-4-5-9-13(12)14/h4-10,15H,3,11H2,1-2H3. The molecule has 1 unspecified atom stereocenters. The number of likely N-dealkylation sites (N-methyl/N-ethyl adjacent to an activating group) is 2. The zero-order chi connectivity index (χ0) is 13.4. The lowest BCUT2D eigenvalue weighted by molar-refractivity contribution is 0.197. The second-order valence-corrected chi connectivity index (χ2v) is 5.02. The Hall–Kier alpha value is -2.03. The summed E-state index contributed by atoms with van der Waals surface area (Å²) in [5.41, 5.74) is 1.24. The highest BCUT2D eigenvalue weighted by atomic mass is 16.2. The number of fused-ring (bicyclic) bond motifs is 1. The number of urea groups is 1. The Labute approximate surface area is 113 Å². The average molecular weight is 254 g/mol. The molecule has 2 amide bonds. The summed E-state index contributed by atoms with van der Waals surface area (Å²) >= 11 is 0. The molecule has 0 aromatic heterocycles. The van der Waals surface area contributed by atoms with Gasteiger partial charge in [-0.1, -0.05) is 42.5 Å². The van der Waals surface area contributed by atoms with Gasteiger partial charge >= 0.3 is 6.03 Å². The van der Waals surface area contributed by atoms with Crippen molar-refractivity contribution >= 4 is 16.8 Å². The number of nitrogens with zero attached hydrogens (tertiary/aromatic N) is 2. The largest absolute Gasteiger partial charge is 0.323 e. The molecule has 2 aromatic rings. The summed E-state index contributed by atoms with van der Waals surface area (Å²) in [5.74, 6) is 0. The van der Waals surface area contributed by atoms with Crippen molar-refractivity contribution < 1.29 is 4.79 Å². The zero-order valence-corrected chi connectivity index (χ0v) is 11.3. The molecule has 0 aliphatic carbocycles. The van der Waals surface area contributed by atoms with Gasteiger partial charge < -0.3 is 9.80 Å². The SMILES string of the molecule is CCN1CC(c2cccc3ccccc23)N(C)C1=O. The number of carbonyl (C=O) groups is 1. The third-order valence-corrected chi connectivity index (χ3v) is 4.00. The quantitative estimate of drug-likeness (QED) is 0.807. The van der Waals surface area contributed by atoms with E-state index in [4.69, 9.17) is 0 Å². The third-order valence-electron chi connectivity index (χ3n) is 4.00. The van der Waals surface area contributed by atoms with E-state index >= 15 is 0 Å². The van der Waals surface area contributed by atoms with Gasteiger partial charge in [0.1, 0.15) is 0 Å². The molecule has 1 heterocycles. The molecule has 98 valence electrons. The van der Waals surface area contributed by atoms with E-state index in [9.17, 15) is 4.79 Å². The van der Waals surface area contributed by atoms with Crippen molar-refractivity contribution in [2.45, 2.75) is 13.0 Å². The fraction of sp³-hybridized carbons (Fsp3) is 0.312. The van der Waals surface area contributed by atoms with Crippen molar-refractivity contribution in [3.05, 3.63) is 48.0 Å². The monoisotopic (exact) mass is 254 g/mol. The van der Waals surface area contributed by atoms with Gasteiger partial charge in [0, 0.05) is 20.1 Å². The predicted molar refractivity (Wildman–Crippen MR) is 77.1 cm³/mol. The van der Waals surface area contributed by atoms with E-state index in [2.05, 4.69) is 36.4 Å². The number of benzene rings is 2. The van der Waals surface area contributed by atoms with Gasteiger partial charge in [-0.05, 0) is 23.3 Å². The summed E-state index contributed by atoms with van der Waals surface area (Å²) in [6.45, 7) is 3.57. The van der Waals surface area contributed by atoms with Gasteiger partial charge in [0.25, 0.3) is 0 Å². The Bertz CT molecular complexity index is 618. The van der Waals surface area contributed by atoms with Crippen LogP contribution in [0.4, 0.5) is 4.79 Å². The van der Waals surface area contributed by atoms with Crippen LogP contribution in [0.5, 0.6) is 0 Å². The molecule has 0 N–H and O–H groups in total. The molecule has 0 radical (unpaired) electrons. The van der Waals surface area contributed by atoms with Crippen LogP contribution in [-0.2, 0) is 0 Å². The molecule has 1 fully saturated rings. The molecule has 3 heteroatoms. The molecule has 0 spiro atoms. The Morgan fingerprint density at radius 1 is 1.16 bits per heavy atom. The third kappa shape index (κ3) is 1.86. The first kappa shape index (κ1) is 12.0. The van der Waals surface area contributed by atoms with Crippen molar-refractivity contribution in [2.75, 3.05) is 20.1 Å². The molecule has 1 aliphatic heterocycles. The van der Waals surface area contributed by atoms with Crippen molar-refractivity contribution in [3.63, 3.8) is 0 Å². The van der Waals surface area contributed by atoms with Crippen LogP contribution in [0, 0.1) is 0 Å². The first-order valence-electron chi connectivity index (χ1n) is 6.71. The number of rotatable bonds is 2. The summed E-state index contributed by atoms with van der Waals surface area (Å²) in [4.78, 5) is 15.9. The highest BCUT2D eigenvalue weighted by Gasteiger charge is 2.35. The van der Waals surface area contributed by atoms with Crippen LogP contribution in [0.25, 0.3) is 10.8 Å². The molecule has 0 bridgehead atoms. The van der Waals surface area contributed by atoms with E-state index in [1.807, 2.05) is 29.8 Å². The normalized spacial score (nSPS) is 19.5. The van der Waals surface area contributed by atoms with Crippen molar-refractivity contribution in [1.82, 2.24) is 9.80 Å². The summed E-state index contributed by atoms with van der Waals surface area (Å²) < 4.78 is 0. The van der Waals surface area contributed by atoms with Crippen LogP contribution in [0.2, 0.25) is 0 Å². The van der Waals surface area contributed by atoms with Gasteiger partial charge in [-0.2, -0.15) is 0 Å². The Balaban J connectivity index is 2.08. The minimum Gasteiger partial charge on any atom is -0.323 e. The Morgan fingerprint density at radius 2 is 1.89 bits per heavy atom. The fourth-order valence-corrected chi connectivity index (χ4v) is 2.88. The van der Waals surface area contributed by atoms with Gasteiger partial charge in [-0.25, -0.2) is 4.79 Å². The maximum Gasteiger partial charge on any atom is 0.320 e. The van der Waals surface area contributed by atoms with Crippen LogP contribution in [0.1, 0.15) is 18.5 Å². The van der Waals surface area contributed by atoms with Crippen molar-refractivity contribution in [1.29, 1.82) is 0 Å². The van der Waals surface area contributed by atoms with Gasteiger partial charge in [-0.3, -0.25) is 0 Å². The van der Waals surface area contributed by atoms with Crippen LogP contribution >= 0.6 is 0 Å². The minimum atomic E-state index is 0.125. The molecular weight excluding hydrogens is 236 g/mol. The number of hydrogen-bond acceptors (Lipinski definition) is 1. The molecule has 19 heavy (non-hydrogen) atoms. The lowest BCUT2D eigenvalue weighted by Crippen LogP contribution is -2.29. The van der Waals surface area contributed by atoms with Gasteiger partial charge in [0.2, 0.25) is 0 Å². The number of hydrogen-bond donors (Lipinski definition) is 0. The van der Waals surface area contributed by atoms with Gasteiger partial charge in [0.15, 0.2) is 0 Å². The lowest BCUT2D eigenvalue weighted by atomic mass is 9.98. The highest BCUT2D eigenvalue weighted by molar-refractivity contribution is 5.87. The Kier molecular flexibility index (Phi) is 2.90. The van der Waals surface area contributed by atoms with E-state index in [0.717, 1.165) is 13.1 Å². The van der Waals surface area contributed by atoms with Crippen LogP contribution < -0.4 is 0 Å². The molecule has 1 aliphatic rings. The topological polar surface area (TPSA) is 23.6 Å². The summed E-state index contributed by atoms with van der Waals surface area (Å²) in [7, 11) is 1.89. The second kappa shape index (κ2) is 4.57. The van der Waals surface area contributed by atoms with Gasteiger partial charge in [0.05, 0.1) is 6.04 Å². The summed E-state index contributed by atoms with van der Waals surface area (Å²) in [6, 6.07) is 15.0. The van der Waals surface area contributed by atoms with E-state index in [0.29, 0.717) is 0 Å². The first-order chi connectivity index (χ1) is 9.22. The molecular formula is C16H18N2O. The van der Waals surface area contributed by atoms with E-state index in [-0.39, 0.29) is 12.1 Å². The van der Waals surface area contributed by atoms with E-state index in [1.54, 1.807) is 0 Å².